The molecule has 78 valence electrons. The van der Waals surface area contributed by atoms with Crippen LogP contribution in [0.15, 0.2) is 17.3 Å². The minimum absolute atomic E-state index is 0.255. The second kappa shape index (κ2) is 6.76. The summed E-state index contributed by atoms with van der Waals surface area (Å²) in [5, 5.41) is 11.4. The van der Waals surface area contributed by atoms with Gasteiger partial charge in [-0.05, 0) is 6.92 Å². The number of ether oxygens (including phenoxy) is 1. The molecule has 0 aliphatic carbocycles. The van der Waals surface area contributed by atoms with Gasteiger partial charge in [0.2, 0.25) is 0 Å². The zero-order valence-electron chi connectivity index (χ0n) is 7.77. The van der Waals surface area contributed by atoms with E-state index in [2.05, 4.69) is 9.85 Å². The molecule has 0 amide bonds. The van der Waals surface area contributed by atoms with Crippen molar-refractivity contribution in [2.45, 2.75) is 19.4 Å². The van der Waals surface area contributed by atoms with E-state index >= 15 is 0 Å². The van der Waals surface area contributed by atoms with E-state index in [-0.39, 0.29) is 13.0 Å². The zero-order chi connectivity index (χ0) is 11.0. The summed E-state index contributed by atoms with van der Waals surface area (Å²) in [4.78, 5) is 21.0. The summed E-state index contributed by atoms with van der Waals surface area (Å²) in [5.74, 6) is -1.63. The number of hydrogen-bond acceptors (Lipinski definition) is 5. The Morgan fingerprint density at radius 2 is 2.29 bits per heavy atom. The van der Waals surface area contributed by atoms with E-state index in [4.69, 9.17) is 10.6 Å². The summed E-state index contributed by atoms with van der Waals surface area (Å²) in [5.41, 5.74) is 6.66. The van der Waals surface area contributed by atoms with Gasteiger partial charge in [-0.1, -0.05) is 6.08 Å². The number of carbonyl (C=O) groups is 2. The van der Waals surface area contributed by atoms with Crippen LogP contribution in [0.25, 0.3) is 0 Å². The predicted octanol–water partition coefficient (Wildman–Crippen LogP) is 0.980. The number of esters is 1. The molecule has 1 atom stereocenters. The molecule has 0 fully saturated rings. The van der Waals surface area contributed by atoms with Crippen molar-refractivity contribution in [1.29, 1.82) is 5.53 Å². The van der Waals surface area contributed by atoms with E-state index in [0.29, 0.717) is 0 Å². The van der Waals surface area contributed by atoms with Gasteiger partial charge in [0.25, 0.3) is 0 Å². The fourth-order valence-corrected chi connectivity index (χ4v) is 0.716. The Hall–Kier alpha value is -1.72. The highest BCUT2D eigenvalue weighted by Gasteiger charge is 2.08. The molecule has 0 saturated carbocycles. The van der Waals surface area contributed by atoms with E-state index in [9.17, 15) is 9.59 Å². The molecule has 0 aromatic heterocycles. The van der Waals surface area contributed by atoms with Crippen LogP contribution >= 0.6 is 0 Å². The molecule has 0 spiro atoms. The number of carboxylic acids is 1. The van der Waals surface area contributed by atoms with Gasteiger partial charge in [0.1, 0.15) is 0 Å². The van der Waals surface area contributed by atoms with Crippen LogP contribution in [0.4, 0.5) is 0 Å². The van der Waals surface area contributed by atoms with Crippen molar-refractivity contribution >= 4 is 11.9 Å². The smallest absolute Gasteiger partial charge is 0.330 e. The first-order chi connectivity index (χ1) is 6.60. The highest BCUT2D eigenvalue weighted by molar-refractivity contribution is 5.82. The van der Waals surface area contributed by atoms with E-state index < -0.39 is 18.0 Å². The minimum Gasteiger partial charge on any atom is -0.481 e. The van der Waals surface area contributed by atoms with Crippen molar-refractivity contribution in [3.8, 4) is 0 Å². The van der Waals surface area contributed by atoms with Crippen LogP contribution in [0.2, 0.25) is 0 Å². The van der Waals surface area contributed by atoms with Crippen LogP contribution < -0.4 is 0 Å². The highest BCUT2D eigenvalue weighted by Crippen LogP contribution is 2.00. The lowest BCUT2D eigenvalue weighted by atomic mass is 10.2. The van der Waals surface area contributed by atoms with Crippen molar-refractivity contribution in [2.75, 3.05) is 6.61 Å². The van der Waals surface area contributed by atoms with Crippen molar-refractivity contribution in [2.24, 2.45) is 5.11 Å². The first-order valence-corrected chi connectivity index (χ1v) is 4.03. The maximum Gasteiger partial charge on any atom is 0.330 e. The lowest BCUT2D eigenvalue weighted by molar-refractivity contribution is -0.138. The molecular formula is C8H12N2O4. The van der Waals surface area contributed by atoms with Gasteiger partial charge in [0.05, 0.1) is 19.1 Å². The molecule has 0 unspecified atom stereocenters. The first-order valence-electron chi connectivity index (χ1n) is 4.03. The lowest BCUT2D eigenvalue weighted by Crippen LogP contribution is -2.09. The predicted molar refractivity (Wildman–Crippen MR) is 47.0 cm³/mol. The first kappa shape index (κ1) is 12.3. The fourth-order valence-electron chi connectivity index (χ4n) is 0.716. The van der Waals surface area contributed by atoms with Gasteiger partial charge in [-0.2, -0.15) is 5.11 Å². The van der Waals surface area contributed by atoms with Crippen molar-refractivity contribution in [3.05, 3.63) is 12.2 Å². The van der Waals surface area contributed by atoms with Crippen LogP contribution in [-0.4, -0.2) is 29.7 Å². The van der Waals surface area contributed by atoms with Crippen LogP contribution in [-0.2, 0) is 14.3 Å². The molecule has 2 N–H and O–H groups in total. The van der Waals surface area contributed by atoms with Crippen LogP contribution in [0.1, 0.15) is 13.3 Å². The summed E-state index contributed by atoms with van der Waals surface area (Å²) in [6, 6.07) is -0.808. The number of aliphatic carboxylic acids is 1. The monoisotopic (exact) mass is 200 g/mol. The van der Waals surface area contributed by atoms with Gasteiger partial charge < -0.3 is 9.84 Å². The van der Waals surface area contributed by atoms with E-state index in [1.54, 1.807) is 6.92 Å². The maximum absolute atomic E-state index is 10.8. The Morgan fingerprint density at radius 3 is 2.71 bits per heavy atom. The van der Waals surface area contributed by atoms with Gasteiger partial charge in [0, 0.05) is 6.08 Å². The molecule has 0 aliphatic rings. The maximum atomic E-state index is 10.8. The average molecular weight is 200 g/mol. The topological polar surface area (TPSA) is 99.8 Å². The van der Waals surface area contributed by atoms with Gasteiger partial charge >= 0.3 is 11.9 Å². The SMILES string of the molecule is CCOC(=O)/C=C/[C@H](CC(=O)O)N=N. The standard InChI is InChI=1S/C8H12N2O4/c1-2-14-8(13)4-3-6(10-9)5-7(11)12/h3-4,6,9H,2,5H2,1H3,(H,11,12)/b4-3+,10-9?/t6-/m1/s1. The van der Waals surface area contributed by atoms with Gasteiger partial charge in [-0.25, -0.2) is 10.3 Å². The third-order valence-corrected chi connectivity index (χ3v) is 1.29. The molecule has 0 aliphatic heterocycles. The molecule has 0 heterocycles. The summed E-state index contributed by atoms with van der Waals surface area (Å²) >= 11 is 0. The number of rotatable bonds is 6. The molecule has 6 nitrogen and oxygen atoms in total. The second-order valence-corrected chi connectivity index (χ2v) is 2.41. The van der Waals surface area contributed by atoms with Gasteiger partial charge in [0.15, 0.2) is 0 Å². The quantitative estimate of drug-likeness (QED) is 0.379. The van der Waals surface area contributed by atoms with Crippen molar-refractivity contribution in [3.63, 3.8) is 0 Å². The molecule has 0 saturated heterocycles. The molecule has 0 aromatic carbocycles. The van der Waals surface area contributed by atoms with E-state index in [1.807, 2.05) is 0 Å². The second-order valence-electron chi connectivity index (χ2n) is 2.41. The summed E-state index contributed by atoms with van der Waals surface area (Å²) in [6.45, 7) is 1.92. The molecular weight excluding hydrogens is 188 g/mol. The Kier molecular flexibility index (Phi) is 5.93. The van der Waals surface area contributed by atoms with E-state index in [1.165, 1.54) is 6.08 Å². The fraction of sp³-hybridized carbons (Fsp3) is 0.500. The molecule has 0 aromatic rings. The van der Waals surface area contributed by atoms with Crippen LogP contribution in [0.3, 0.4) is 0 Å². The number of carbonyl (C=O) groups excluding carboxylic acids is 1. The van der Waals surface area contributed by atoms with Crippen LogP contribution in [0, 0.1) is 5.53 Å². The molecule has 6 heteroatoms. The minimum atomic E-state index is -1.07. The number of nitrogens with one attached hydrogen (secondary N) is 1. The molecule has 0 radical (unpaired) electrons. The Labute approximate surface area is 81.1 Å². The molecule has 0 rings (SSSR count). The van der Waals surface area contributed by atoms with Crippen molar-refractivity contribution < 1.29 is 19.4 Å². The summed E-state index contributed by atoms with van der Waals surface area (Å²) in [6.07, 6.45) is 2.01. The Morgan fingerprint density at radius 1 is 1.64 bits per heavy atom. The number of hydrogen-bond donors (Lipinski definition) is 2. The lowest BCUT2D eigenvalue weighted by Gasteiger charge is -2.00. The van der Waals surface area contributed by atoms with Crippen LogP contribution in [0.5, 0.6) is 0 Å². The average Bonchev–Trinajstić information content (AvgIpc) is 2.12. The van der Waals surface area contributed by atoms with E-state index in [0.717, 1.165) is 6.08 Å². The number of carboxylic acid groups (broad SMARTS) is 1. The molecule has 14 heavy (non-hydrogen) atoms. The summed E-state index contributed by atoms with van der Waals surface area (Å²) < 4.78 is 4.57. The summed E-state index contributed by atoms with van der Waals surface area (Å²) in [7, 11) is 0. The van der Waals surface area contributed by atoms with Crippen molar-refractivity contribution in [1.82, 2.24) is 0 Å². The third-order valence-electron chi connectivity index (χ3n) is 1.29. The van der Waals surface area contributed by atoms with Gasteiger partial charge in [-0.15, -0.1) is 0 Å². The third kappa shape index (κ3) is 5.87. The van der Waals surface area contributed by atoms with Gasteiger partial charge in [-0.3, -0.25) is 4.79 Å². The zero-order valence-corrected chi connectivity index (χ0v) is 7.77. The normalized spacial score (nSPS) is 12.4. The highest BCUT2D eigenvalue weighted by atomic mass is 16.5. The molecule has 0 bridgehead atoms. The number of nitrogens with zero attached hydrogens (tertiary/aromatic N) is 1. The Balaban J connectivity index is 4.09. The largest absolute Gasteiger partial charge is 0.481 e. The Bertz CT molecular complexity index is 250.